The van der Waals surface area contributed by atoms with Crippen LogP contribution in [0.4, 0.5) is 0 Å². The first-order chi connectivity index (χ1) is 7.53. The van der Waals surface area contributed by atoms with Crippen LogP contribution >= 0.6 is 23.3 Å². The van der Waals surface area contributed by atoms with Gasteiger partial charge in [-0.05, 0) is 29.8 Å². The fraction of sp³-hybridized carbons (Fsp3) is 0.818. The third-order valence-corrected chi connectivity index (χ3v) is 5.58. The Kier molecular flexibility index (Phi) is 3.56. The van der Waals surface area contributed by atoms with Gasteiger partial charge in [0.1, 0.15) is 5.82 Å². The van der Waals surface area contributed by atoms with Crippen molar-refractivity contribution in [1.82, 2.24) is 9.36 Å². The van der Waals surface area contributed by atoms with E-state index in [4.69, 9.17) is 5.73 Å². The number of nitrogens with two attached hydrogens (primary N) is 1. The summed E-state index contributed by atoms with van der Waals surface area (Å²) >= 11 is 3.33. The molecule has 16 heavy (non-hydrogen) atoms. The lowest BCUT2D eigenvalue weighted by Gasteiger charge is -2.25. The average Bonchev–Trinajstić information content (AvgIpc) is 2.79. The topological polar surface area (TPSA) is 51.8 Å². The van der Waals surface area contributed by atoms with Crippen LogP contribution in [0, 0.1) is 5.41 Å². The lowest BCUT2D eigenvalue weighted by Crippen LogP contribution is -2.38. The van der Waals surface area contributed by atoms with Crippen molar-refractivity contribution in [2.45, 2.75) is 55.7 Å². The standard InChI is InChI=1S/C11H19N3S2/c1-4-8-13-10(16-14-8)15-7-5-6-11(2,3)9(7)12/h7,9H,4-6,12H2,1-3H3. The molecule has 1 aromatic rings. The van der Waals surface area contributed by atoms with Crippen LogP contribution in [-0.4, -0.2) is 20.6 Å². The van der Waals surface area contributed by atoms with Crippen molar-refractivity contribution in [2.24, 2.45) is 11.1 Å². The van der Waals surface area contributed by atoms with Gasteiger partial charge in [-0.25, -0.2) is 4.98 Å². The Morgan fingerprint density at radius 1 is 1.56 bits per heavy atom. The molecule has 1 aliphatic carbocycles. The zero-order valence-corrected chi connectivity index (χ0v) is 11.7. The largest absolute Gasteiger partial charge is 0.326 e. The summed E-state index contributed by atoms with van der Waals surface area (Å²) in [7, 11) is 0. The third kappa shape index (κ3) is 2.41. The van der Waals surface area contributed by atoms with Gasteiger partial charge in [0.05, 0.1) is 0 Å². The summed E-state index contributed by atoms with van der Waals surface area (Å²) < 4.78 is 5.39. The summed E-state index contributed by atoms with van der Waals surface area (Å²) in [6, 6.07) is 0.270. The number of rotatable bonds is 3. The Balaban J connectivity index is 2.00. The fourth-order valence-electron chi connectivity index (χ4n) is 2.05. The summed E-state index contributed by atoms with van der Waals surface area (Å²) in [6.07, 6.45) is 3.32. The molecule has 1 aromatic heterocycles. The van der Waals surface area contributed by atoms with Crippen LogP contribution in [0.25, 0.3) is 0 Å². The molecule has 2 unspecified atom stereocenters. The molecule has 1 aliphatic rings. The maximum Gasteiger partial charge on any atom is 0.170 e. The van der Waals surface area contributed by atoms with Crippen molar-refractivity contribution >= 4 is 23.3 Å². The van der Waals surface area contributed by atoms with Crippen LogP contribution in [0.5, 0.6) is 0 Å². The van der Waals surface area contributed by atoms with Gasteiger partial charge < -0.3 is 5.73 Å². The predicted molar refractivity (Wildman–Crippen MR) is 69.9 cm³/mol. The number of hydrogen-bond acceptors (Lipinski definition) is 5. The van der Waals surface area contributed by atoms with Crippen LogP contribution in [0.1, 0.15) is 39.4 Å². The van der Waals surface area contributed by atoms with E-state index in [2.05, 4.69) is 30.1 Å². The molecule has 1 fully saturated rings. The zero-order valence-electron chi connectivity index (χ0n) is 10.1. The molecule has 0 amide bonds. The summed E-state index contributed by atoms with van der Waals surface area (Å²) in [5, 5.41) is 0.507. The number of hydrogen-bond donors (Lipinski definition) is 1. The minimum Gasteiger partial charge on any atom is -0.326 e. The van der Waals surface area contributed by atoms with Crippen molar-refractivity contribution in [2.75, 3.05) is 0 Å². The first kappa shape index (κ1) is 12.3. The molecule has 0 bridgehead atoms. The van der Waals surface area contributed by atoms with E-state index in [1.165, 1.54) is 24.4 Å². The van der Waals surface area contributed by atoms with Crippen LogP contribution < -0.4 is 5.73 Å². The van der Waals surface area contributed by atoms with Gasteiger partial charge in [-0.3, -0.25) is 0 Å². The molecule has 2 rings (SSSR count). The number of nitrogens with zero attached hydrogens (tertiary/aromatic N) is 2. The quantitative estimate of drug-likeness (QED) is 0.904. The number of thioether (sulfide) groups is 1. The molecule has 90 valence electrons. The van der Waals surface area contributed by atoms with Crippen LogP contribution in [0.3, 0.4) is 0 Å². The van der Waals surface area contributed by atoms with Crippen molar-refractivity contribution in [3.63, 3.8) is 0 Å². The molecule has 0 saturated heterocycles. The minimum absolute atomic E-state index is 0.270. The zero-order chi connectivity index (χ0) is 11.8. The van der Waals surface area contributed by atoms with E-state index < -0.39 is 0 Å². The lowest BCUT2D eigenvalue weighted by atomic mass is 9.88. The van der Waals surface area contributed by atoms with Crippen molar-refractivity contribution < 1.29 is 0 Å². The minimum atomic E-state index is 0.270. The fourth-order valence-corrected chi connectivity index (χ4v) is 4.38. The molecule has 5 heteroatoms. The highest BCUT2D eigenvalue weighted by Gasteiger charge is 2.40. The molecule has 0 aliphatic heterocycles. The Labute approximate surface area is 105 Å². The normalized spacial score (nSPS) is 28.5. The SMILES string of the molecule is CCc1nsc(SC2CCC(C)(C)C2N)n1. The molecule has 2 N–H and O–H groups in total. The highest BCUT2D eigenvalue weighted by atomic mass is 32.2. The smallest absolute Gasteiger partial charge is 0.170 e. The van der Waals surface area contributed by atoms with Gasteiger partial charge in [0.2, 0.25) is 0 Å². The monoisotopic (exact) mass is 257 g/mol. The Hall–Kier alpha value is -0.130. The molecular formula is C11H19N3S2. The summed E-state index contributed by atoms with van der Waals surface area (Å²) in [5.41, 5.74) is 6.55. The third-order valence-electron chi connectivity index (χ3n) is 3.39. The van der Waals surface area contributed by atoms with Gasteiger partial charge in [0, 0.05) is 17.7 Å². The van der Waals surface area contributed by atoms with Gasteiger partial charge in [-0.1, -0.05) is 32.5 Å². The molecule has 1 heterocycles. The van der Waals surface area contributed by atoms with E-state index in [9.17, 15) is 0 Å². The Morgan fingerprint density at radius 2 is 2.31 bits per heavy atom. The maximum atomic E-state index is 6.28. The Bertz CT molecular complexity index is 362. The van der Waals surface area contributed by atoms with Crippen molar-refractivity contribution in [3.8, 4) is 0 Å². The van der Waals surface area contributed by atoms with Crippen molar-refractivity contribution in [3.05, 3.63) is 5.82 Å². The average molecular weight is 257 g/mol. The second kappa shape index (κ2) is 4.63. The first-order valence-corrected chi connectivity index (χ1v) is 7.43. The van der Waals surface area contributed by atoms with E-state index in [0.29, 0.717) is 5.25 Å². The van der Waals surface area contributed by atoms with E-state index in [1.54, 1.807) is 0 Å². The Morgan fingerprint density at radius 3 is 2.81 bits per heavy atom. The van der Waals surface area contributed by atoms with E-state index >= 15 is 0 Å². The highest BCUT2D eigenvalue weighted by Crippen LogP contribution is 2.44. The second-order valence-electron chi connectivity index (χ2n) is 5.04. The van der Waals surface area contributed by atoms with Gasteiger partial charge in [0.15, 0.2) is 4.34 Å². The van der Waals surface area contributed by atoms with E-state index in [-0.39, 0.29) is 11.5 Å². The molecule has 0 spiro atoms. The van der Waals surface area contributed by atoms with Crippen LogP contribution in [0.15, 0.2) is 4.34 Å². The van der Waals surface area contributed by atoms with Gasteiger partial charge in [0.25, 0.3) is 0 Å². The molecule has 0 radical (unpaired) electrons. The van der Waals surface area contributed by atoms with Crippen molar-refractivity contribution in [1.29, 1.82) is 0 Å². The molecule has 2 atom stereocenters. The van der Waals surface area contributed by atoms with E-state index in [1.807, 2.05) is 11.8 Å². The first-order valence-electron chi connectivity index (χ1n) is 5.78. The highest BCUT2D eigenvalue weighted by molar-refractivity contribution is 8.01. The predicted octanol–water partition coefficient (Wildman–Crippen LogP) is 2.71. The lowest BCUT2D eigenvalue weighted by molar-refractivity contribution is 0.334. The van der Waals surface area contributed by atoms with Crippen LogP contribution in [0.2, 0.25) is 0 Å². The number of aromatic nitrogens is 2. The second-order valence-corrected chi connectivity index (χ2v) is 7.28. The van der Waals surface area contributed by atoms with Gasteiger partial charge >= 0.3 is 0 Å². The maximum absolute atomic E-state index is 6.28. The van der Waals surface area contributed by atoms with Crippen LogP contribution in [-0.2, 0) is 6.42 Å². The molecule has 3 nitrogen and oxygen atoms in total. The summed E-state index contributed by atoms with van der Waals surface area (Å²) in [4.78, 5) is 4.49. The number of aryl methyl sites for hydroxylation is 1. The molecule has 0 aromatic carbocycles. The summed E-state index contributed by atoms with van der Waals surface area (Å²) in [6.45, 7) is 6.60. The molecular weight excluding hydrogens is 238 g/mol. The van der Waals surface area contributed by atoms with Gasteiger partial charge in [-0.2, -0.15) is 4.37 Å². The molecule has 1 saturated carbocycles. The van der Waals surface area contributed by atoms with E-state index in [0.717, 1.165) is 16.6 Å². The summed E-state index contributed by atoms with van der Waals surface area (Å²) in [5.74, 6) is 0.957. The van der Waals surface area contributed by atoms with Gasteiger partial charge in [-0.15, -0.1) is 0 Å².